The first-order chi connectivity index (χ1) is 19.7. The Morgan fingerprint density at radius 1 is 0.950 bits per heavy atom. The van der Waals surface area contributed by atoms with Crippen molar-refractivity contribution in [3.63, 3.8) is 0 Å². The van der Waals surface area contributed by atoms with E-state index in [-0.39, 0.29) is 12.1 Å². The fourth-order valence-electron chi connectivity index (χ4n) is 5.27. The maximum atomic E-state index is 13.6. The summed E-state index contributed by atoms with van der Waals surface area (Å²) in [5, 5.41) is 11.3. The number of amides is 2. The third kappa shape index (κ3) is 7.92. The van der Waals surface area contributed by atoms with Crippen LogP contribution >= 0.6 is 11.3 Å². The second-order valence-electron chi connectivity index (χ2n) is 10.5. The summed E-state index contributed by atoms with van der Waals surface area (Å²) in [6.45, 7) is 9.55. The Labute approximate surface area is 242 Å². The highest BCUT2D eigenvalue weighted by molar-refractivity contribution is 7.09. The number of urea groups is 1. The van der Waals surface area contributed by atoms with Crippen molar-refractivity contribution in [2.24, 2.45) is 0 Å². The van der Waals surface area contributed by atoms with Crippen LogP contribution in [0.25, 0.3) is 10.8 Å². The zero-order valence-corrected chi connectivity index (χ0v) is 24.2. The van der Waals surface area contributed by atoms with Gasteiger partial charge in [0, 0.05) is 50.7 Å². The van der Waals surface area contributed by atoms with E-state index in [1.807, 2.05) is 4.90 Å². The molecular formula is C33H40N4O2S. The number of hydrogen-bond acceptors (Lipinski definition) is 5. The Bertz CT molecular complexity index is 1330. The summed E-state index contributed by atoms with van der Waals surface area (Å²) in [6, 6.07) is 27.4. The van der Waals surface area contributed by atoms with Crippen molar-refractivity contribution in [3.05, 3.63) is 106 Å². The van der Waals surface area contributed by atoms with Crippen molar-refractivity contribution in [2.45, 2.75) is 39.0 Å². The van der Waals surface area contributed by atoms with Crippen LogP contribution in [0.5, 0.6) is 0 Å². The summed E-state index contributed by atoms with van der Waals surface area (Å²) in [7, 11) is 0. The lowest BCUT2D eigenvalue weighted by Gasteiger charge is -2.29. The standard InChI is InChI=1S/C33H40N4O2S/c1-26(31-11-4-8-29-7-2-3-10-32(29)31)35-33(38)37(17-6-16-36-18-20-39-21-19-36)25-28-14-12-27(13-15-28)23-34-24-30-9-5-22-40-30/h2-5,7-15,22,26,34H,6,16-21,23-25H2,1H3,(H,35,38)/t26-/m0/s1. The molecule has 0 aliphatic carbocycles. The van der Waals surface area contributed by atoms with Gasteiger partial charge in [-0.25, -0.2) is 4.79 Å². The molecule has 1 aliphatic rings. The second kappa shape index (κ2) is 14.4. The molecule has 1 aliphatic heterocycles. The predicted octanol–water partition coefficient (Wildman–Crippen LogP) is 6.19. The molecule has 0 radical (unpaired) electrons. The molecule has 1 atom stereocenters. The molecule has 7 heteroatoms. The average Bonchev–Trinajstić information content (AvgIpc) is 3.51. The molecule has 0 unspecified atom stereocenters. The molecule has 210 valence electrons. The van der Waals surface area contributed by atoms with E-state index in [1.165, 1.54) is 21.2 Å². The third-order valence-electron chi connectivity index (χ3n) is 7.53. The molecule has 3 aromatic carbocycles. The van der Waals surface area contributed by atoms with Gasteiger partial charge in [-0.1, -0.05) is 72.8 Å². The van der Waals surface area contributed by atoms with Crippen LogP contribution in [0.1, 0.15) is 41.0 Å². The lowest BCUT2D eigenvalue weighted by molar-refractivity contribution is 0.0364. The third-order valence-corrected chi connectivity index (χ3v) is 8.40. The summed E-state index contributed by atoms with van der Waals surface area (Å²) >= 11 is 1.77. The number of carbonyl (C=O) groups excluding carboxylic acids is 1. The van der Waals surface area contributed by atoms with Crippen LogP contribution < -0.4 is 10.6 Å². The van der Waals surface area contributed by atoms with Gasteiger partial charge in [0.15, 0.2) is 0 Å². The zero-order chi connectivity index (χ0) is 27.6. The Hall–Kier alpha value is -3.23. The van der Waals surface area contributed by atoms with Crippen molar-refractivity contribution >= 4 is 28.1 Å². The topological polar surface area (TPSA) is 56.8 Å². The SMILES string of the molecule is C[C@H](NC(=O)N(CCCN1CCOCC1)Cc1ccc(CNCc2cccs2)cc1)c1cccc2ccccc12. The number of morpholine rings is 1. The highest BCUT2D eigenvalue weighted by Crippen LogP contribution is 2.24. The molecule has 40 heavy (non-hydrogen) atoms. The maximum Gasteiger partial charge on any atom is 0.318 e. The molecule has 2 N–H and O–H groups in total. The lowest BCUT2D eigenvalue weighted by Crippen LogP contribution is -2.43. The van der Waals surface area contributed by atoms with Crippen molar-refractivity contribution in [1.82, 2.24) is 20.4 Å². The molecule has 1 saturated heterocycles. The van der Waals surface area contributed by atoms with Crippen LogP contribution in [0, 0.1) is 0 Å². The molecule has 6 nitrogen and oxygen atoms in total. The number of nitrogens with zero attached hydrogens (tertiary/aromatic N) is 2. The minimum atomic E-state index is -0.0999. The monoisotopic (exact) mass is 556 g/mol. The van der Waals surface area contributed by atoms with Gasteiger partial charge < -0.3 is 20.3 Å². The van der Waals surface area contributed by atoms with E-state index in [2.05, 4.69) is 107 Å². The van der Waals surface area contributed by atoms with Gasteiger partial charge >= 0.3 is 6.03 Å². The van der Waals surface area contributed by atoms with Gasteiger partial charge in [-0.15, -0.1) is 11.3 Å². The molecule has 1 fully saturated rings. The molecule has 4 aromatic rings. The average molecular weight is 557 g/mol. The van der Waals surface area contributed by atoms with E-state index in [4.69, 9.17) is 4.74 Å². The van der Waals surface area contributed by atoms with Gasteiger partial charge in [-0.2, -0.15) is 0 Å². The van der Waals surface area contributed by atoms with Crippen molar-refractivity contribution < 1.29 is 9.53 Å². The first-order valence-electron chi connectivity index (χ1n) is 14.3. The molecule has 0 spiro atoms. The van der Waals surface area contributed by atoms with E-state index in [0.29, 0.717) is 13.1 Å². The Kier molecular flexibility index (Phi) is 10.2. The van der Waals surface area contributed by atoms with Gasteiger partial charge in [0.2, 0.25) is 0 Å². The molecule has 0 saturated carbocycles. The second-order valence-corrected chi connectivity index (χ2v) is 11.5. The van der Waals surface area contributed by atoms with Crippen LogP contribution in [0.4, 0.5) is 4.79 Å². The number of rotatable bonds is 12. The van der Waals surface area contributed by atoms with Gasteiger partial charge in [0.05, 0.1) is 19.3 Å². The summed E-state index contributed by atoms with van der Waals surface area (Å²) in [5.74, 6) is 0. The minimum absolute atomic E-state index is 0.0240. The van der Waals surface area contributed by atoms with Crippen LogP contribution in [0.3, 0.4) is 0 Å². The van der Waals surface area contributed by atoms with Crippen LogP contribution in [0.2, 0.25) is 0 Å². The lowest BCUT2D eigenvalue weighted by atomic mass is 10.00. The largest absolute Gasteiger partial charge is 0.379 e. The number of benzene rings is 3. The predicted molar refractivity (Wildman–Crippen MR) is 164 cm³/mol. The van der Waals surface area contributed by atoms with Crippen molar-refractivity contribution in [1.29, 1.82) is 0 Å². The van der Waals surface area contributed by atoms with E-state index in [1.54, 1.807) is 11.3 Å². The molecule has 5 rings (SSSR count). The molecule has 0 bridgehead atoms. The fraction of sp³-hybridized carbons (Fsp3) is 0.364. The minimum Gasteiger partial charge on any atom is -0.379 e. The van der Waals surface area contributed by atoms with E-state index < -0.39 is 0 Å². The van der Waals surface area contributed by atoms with Gasteiger partial charge in [0.1, 0.15) is 0 Å². The van der Waals surface area contributed by atoms with Crippen molar-refractivity contribution in [2.75, 3.05) is 39.4 Å². The first-order valence-corrected chi connectivity index (χ1v) is 15.2. The molecule has 2 amide bonds. The number of hydrogen-bond donors (Lipinski definition) is 2. The number of nitrogens with one attached hydrogen (secondary N) is 2. The Balaban J connectivity index is 1.22. The van der Waals surface area contributed by atoms with E-state index in [0.717, 1.165) is 63.5 Å². The Morgan fingerprint density at radius 2 is 1.73 bits per heavy atom. The van der Waals surface area contributed by atoms with Gasteiger partial charge in [0.25, 0.3) is 0 Å². The highest BCUT2D eigenvalue weighted by Gasteiger charge is 2.19. The van der Waals surface area contributed by atoms with Crippen LogP contribution in [0.15, 0.2) is 84.2 Å². The number of ether oxygens (including phenoxy) is 1. The molecule has 2 heterocycles. The summed E-state index contributed by atoms with van der Waals surface area (Å²) < 4.78 is 5.49. The maximum absolute atomic E-state index is 13.6. The zero-order valence-electron chi connectivity index (χ0n) is 23.4. The van der Waals surface area contributed by atoms with E-state index in [9.17, 15) is 4.79 Å². The fourth-order valence-corrected chi connectivity index (χ4v) is 5.95. The smallest absolute Gasteiger partial charge is 0.318 e. The van der Waals surface area contributed by atoms with Crippen molar-refractivity contribution in [3.8, 4) is 0 Å². The normalized spacial score (nSPS) is 14.7. The summed E-state index contributed by atoms with van der Waals surface area (Å²) in [6.07, 6.45) is 0.931. The quantitative estimate of drug-likeness (QED) is 0.219. The molecule has 1 aromatic heterocycles. The summed E-state index contributed by atoms with van der Waals surface area (Å²) in [4.78, 5) is 19.4. The van der Waals surface area contributed by atoms with Gasteiger partial charge in [-0.3, -0.25) is 4.90 Å². The van der Waals surface area contributed by atoms with E-state index >= 15 is 0 Å². The van der Waals surface area contributed by atoms with Gasteiger partial charge in [-0.05, 0) is 52.3 Å². The number of fused-ring (bicyclic) bond motifs is 1. The Morgan fingerprint density at radius 3 is 2.52 bits per heavy atom. The molecular weight excluding hydrogens is 516 g/mol. The number of thiophene rings is 1. The highest BCUT2D eigenvalue weighted by atomic mass is 32.1. The van der Waals surface area contributed by atoms with Crippen LogP contribution in [-0.4, -0.2) is 55.2 Å². The van der Waals surface area contributed by atoms with Crippen LogP contribution in [-0.2, 0) is 24.4 Å². The summed E-state index contributed by atoms with van der Waals surface area (Å²) in [5.41, 5.74) is 3.52. The first kappa shape index (κ1) is 28.3. The number of carbonyl (C=O) groups is 1.